The van der Waals surface area contributed by atoms with E-state index in [0.29, 0.717) is 17.2 Å². The second kappa shape index (κ2) is 4.53. The molecule has 0 spiro atoms. The van der Waals surface area contributed by atoms with Crippen LogP contribution in [0.2, 0.25) is 0 Å². The number of phenolic OH excluding ortho intramolecular Hbond substituents is 1. The van der Waals surface area contributed by atoms with Gasteiger partial charge in [0, 0.05) is 31.3 Å². The van der Waals surface area contributed by atoms with Gasteiger partial charge in [-0.25, -0.2) is 0 Å². The van der Waals surface area contributed by atoms with Gasteiger partial charge in [-0.2, -0.15) is 14.6 Å². The number of hydrogen-bond donors (Lipinski definition) is 3. The maximum atomic E-state index is 9.49. The predicted molar refractivity (Wildman–Crippen MR) is 80.7 cm³/mol. The van der Waals surface area contributed by atoms with Crippen LogP contribution in [-0.4, -0.2) is 49.2 Å². The van der Waals surface area contributed by atoms with Crippen molar-refractivity contribution < 1.29 is 5.11 Å². The molecule has 22 heavy (non-hydrogen) atoms. The summed E-state index contributed by atoms with van der Waals surface area (Å²) in [5.74, 6) is 1.54. The summed E-state index contributed by atoms with van der Waals surface area (Å²) in [5, 5.41) is 17.6. The molecule has 0 unspecified atom stereocenters. The Morgan fingerprint density at radius 1 is 1.14 bits per heavy atom. The number of phenols is 1. The van der Waals surface area contributed by atoms with Crippen LogP contribution in [0.5, 0.6) is 5.75 Å². The number of aromatic nitrogens is 5. The lowest BCUT2D eigenvalue weighted by atomic mass is 10.1. The highest BCUT2D eigenvalue weighted by Gasteiger charge is 2.25. The predicted octanol–water partition coefficient (Wildman–Crippen LogP) is -0.354. The zero-order valence-electron chi connectivity index (χ0n) is 11.6. The molecule has 0 saturated carbocycles. The minimum atomic E-state index is 0.136. The van der Waals surface area contributed by atoms with E-state index in [-0.39, 0.29) is 17.7 Å². The number of aromatic hydroxyl groups is 1. The van der Waals surface area contributed by atoms with Crippen molar-refractivity contribution in [2.75, 3.05) is 23.7 Å². The molecule has 1 saturated heterocycles. The number of benzene rings is 1. The molecule has 1 fully saturated rings. The SMILES string of the molecule is Nc1nc(N2CC(N)C2)cc(-n2nnc3cc(O)ccc32)n1. The Balaban J connectivity index is 1.80. The van der Waals surface area contributed by atoms with Gasteiger partial charge in [-0.1, -0.05) is 5.21 Å². The van der Waals surface area contributed by atoms with Crippen LogP contribution in [0.3, 0.4) is 0 Å². The lowest BCUT2D eigenvalue weighted by molar-refractivity contribution is 0.476. The molecule has 0 radical (unpaired) electrons. The summed E-state index contributed by atoms with van der Waals surface area (Å²) in [4.78, 5) is 10.5. The molecule has 0 bridgehead atoms. The molecular weight excluding hydrogens is 284 g/mol. The minimum Gasteiger partial charge on any atom is -0.508 e. The first-order chi connectivity index (χ1) is 10.6. The summed E-state index contributed by atoms with van der Waals surface area (Å²) in [6, 6.07) is 6.79. The Morgan fingerprint density at radius 2 is 1.91 bits per heavy atom. The average Bonchev–Trinajstić information content (AvgIpc) is 2.86. The third kappa shape index (κ3) is 1.99. The maximum Gasteiger partial charge on any atom is 0.224 e. The molecule has 0 amide bonds. The Bertz CT molecular complexity index is 854. The lowest BCUT2D eigenvalue weighted by Gasteiger charge is -2.37. The van der Waals surface area contributed by atoms with Crippen molar-refractivity contribution in [2.24, 2.45) is 5.73 Å². The van der Waals surface area contributed by atoms with Crippen molar-refractivity contribution in [3.05, 3.63) is 24.3 Å². The van der Waals surface area contributed by atoms with E-state index in [1.165, 1.54) is 0 Å². The van der Waals surface area contributed by atoms with Crippen molar-refractivity contribution in [3.63, 3.8) is 0 Å². The monoisotopic (exact) mass is 298 g/mol. The van der Waals surface area contributed by atoms with Crippen molar-refractivity contribution in [2.45, 2.75) is 6.04 Å². The largest absolute Gasteiger partial charge is 0.508 e. The summed E-state index contributed by atoms with van der Waals surface area (Å²) in [5.41, 5.74) is 12.9. The van der Waals surface area contributed by atoms with Crippen LogP contribution in [0.4, 0.5) is 11.8 Å². The summed E-state index contributed by atoms with van der Waals surface area (Å²) in [7, 11) is 0. The van der Waals surface area contributed by atoms with Crippen LogP contribution in [-0.2, 0) is 0 Å². The molecule has 4 rings (SSSR count). The molecule has 112 valence electrons. The van der Waals surface area contributed by atoms with Crippen LogP contribution >= 0.6 is 0 Å². The summed E-state index contributed by atoms with van der Waals surface area (Å²) in [6.07, 6.45) is 0. The third-order valence-corrected chi connectivity index (χ3v) is 3.60. The number of hydrogen-bond acceptors (Lipinski definition) is 8. The Kier molecular flexibility index (Phi) is 2.63. The number of nitrogens with zero attached hydrogens (tertiary/aromatic N) is 6. The van der Waals surface area contributed by atoms with Gasteiger partial charge in [-0.15, -0.1) is 5.10 Å². The second-order valence-electron chi connectivity index (χ2n) is 5.28. The molecule has 0 atom stereocenters. The van der Waals surface area contributed by atoms with Crippen molar-refractivity contribution in [1.29, 1.82) is 0 Å². The van der Waals surface area contributed by atoms with Crippen molar-refractivity contribution >= 4 is 22.8 Å². The Labute approximate surface area is 125 Å². The standard InChI is InChI=1S/C13H14N8O/c14-7-5-20(6-7)11-4-12(17-13(15)16-11)21-10-2-1-8(22)3-9(10)18-19-21/h1-4,7,22H,5-6,14H2,(H2,15,16,17). The van der Waals surface area contributed by atoms with E-state index in [1.807, 2.05) is 4.90 Å². The van der Waals surface area contributed by atoms with E-state index < -0.39 is 0 Å². The third-order valence-electron chi connectivity index (χ3n) is 3.60. The van der Waals surface area contributed by atoms with Gasteiger partial charge in [-0.3, -0.25) is 0 Å². The first-order valence-corrected chi connectivity index (χ1v) is 6.80. The van der Waals surface area contributed by atoms with Crippen LogP contribution in [0, 0.1) is 0 Å². The number of rotatable bonds is 2. The van der Waals surface area contributed by atoms with Crippen LogP contribution in [0.1, 0.15) is 0 Å². The fraction of sp³-hybridized carbons (Fsp3) is 0.231. The van der Waals surface area contributed by atoms with Crippen LogP contribution in [0.25, 0.3) is 16.9 Å². The second-order valence-corrected chi connectivity index (χ2v) is 5.28. The van der Waals surface area contributed by atoms with E-state index in [9.17, 15) is 5.11 Å². The summed E-state index contributed by atoms with van der Waals surface area (Å²) in [6.45, 7) is 1.48. The molecule has 0 aliphatic carbocycles. The van der Waals surface area contributed by atoms with E-state index in [0.717, 1.165) is 18.6 Å². The molecule has 2 aromatic heterocycles. The smallest absolute Gasteiger partial charge is 0.224 e. The highest BCUT2D eigenvalue weighted by atomic mass is 16.3. The zero-order chi connectivity index (χ0) is 15.3. The maximum absolute atomic E-state index is 9.49. The van der Waals surface area contributed by atoms with Gasteiger partial charge in [-0.05, 0) is 12.1 Å². The van der Waals surface area contributed by atoms with Crippen molar-refractivity contribution in [1.82, 2.24) is 25.0 Å². The number of nitrogen functional groups attached to an aromatic ring is 1. The average molecular weight is 298 g/mol. The first kappa shape index (κ1) is 12.8. The van der Waals surface area contributed by atoms with Gasteiger partial charge in [0.05, 0.1) is 5.52 Å². The number of fused-ring (bicyclic) bond motifs is 1. The lowest BCUT2D eigenvalue weighted by Crippen LogP contribution is -2.56. The topological polar surface area (TPSA) is 132 Å². The summed E-state index contributed by atoms with van der Waals surface area (Å²) < 4.78 is 1.57. The minimum absolute atomic E-state index is 0.136. The highest BCUT2D eigenvalue weighted by molar-refractivity contribution is 5.77. The molecule has 9 nitrogen and oxygen atoms in total. The number of anilines is 2. The van der Waals surface area contributed by atoms with Crippen LogP contribution in [0.15, 0.2) is 24.3 Å². The van der Waals surface area contributed by atoms with E-state index in [2.05, 4.69) is 20.3 Å². The zero-order valence-corrected chi connectivity index (χ0v) is 11.6. The molecule has 1 aliphatic rings. The quantitative estimate of drug-likeness (QED) is 0.584. The summed E-state index contributed by atoms with van der Waals surface area (Å²) >= 11 is 0. The van der Waals surface area contributed by atoms with Gasteiger partial charge >= 0.3 is 0 Å². The Hall–Kier alpha value is -2.94. The molecule has 3 heterocycles. The molecule has 3 aromatic rings. The molecule has 9 heteroatoms. The fourth-order valence-electron chi connectivity index (χ4n) is 2.49. The van der Waals surface area contributed by atoms with Crippen LogP contribution < -0.4 is 16.4 Å². The van der Waals surface area contributed by atoms with Crippen molar-refractivity contribution in [3.8, 4) is 11.6 Å². The van der Waals surface area contributed by atoms with Gasteiger partial charge in [0.15, 0.2) is 5.82 Å². The fourth-order valence-corrected chi connectivity index (χ4v) is 2.49. The van der Waals surface area contributed by atoms with Gasteiger partial charge in [0.25, 0.3) is 0 Å². The molecular formula is C13H14N8O. The number of nitrogens with two attached hydrogens (primary N) is 2. The molecule has 1 aliphatic heterocycles. The normalized spacial score (nSPS) is 15.2. The van der Waals surface area contributed by atoms with Gasteiger partial charge in [0.2, 0.25) is 5.95 Å². The molecule has 1 aromatic carbocycles. The van der Waals surface area contributed by atoms with E-state index in [1.54, 1.807) is 28.9 Å². The van der Waals surface area contributed by atoms with Gasteiger partial charge in [0.1, 0.15) is 17.1 Å². The molecule has 5 N–H and O–H groups in total. The van der Waals surface area contributed by atoms with E-state index in [4.69, 9.17) is 11.5 Å². The Morgan fingerprint density at radius 3 is 2.68 bits per heavy atom. The van der Waals surface area contributed by atoms with Gasteiger partial charge < -0.3 is 21.5 Å². The highest BCUT2D eigenvalue weighted by Crippen LogP contribution is 2.24. The first-order valence-electron chi connectivity index (χ1n) is 6.80. The van der Waals surface area contributed by atoms with E-state index >= 15 is 0 Å².